The van der Waals surface area contributed by atoms with Crippen molar-refractivity contribution < 1.29 is 19.0 Å². The monoisotopic (exact) mass is 269 g/mol. The number of ether oxygens (including phenoxy) is 1. The maximum Gasteiger partial charge on any atom is 0.226 e. The van der Waals surface area contributed by atoms with Crippen LogP contribution in [0.1, 0.15) is 19.8 Å². The van der Waals surface area contributed by atoms with Crippen LogP contribution in [-0.4, -0.2) is 42.2 Å². The summed E-state index contributed by atoms with van der Waals surface area (Å²) in [6.45, 7) is 2.98. The summed E-state index contributed by atoms with van der Waals surface area (Å²) in [5.74, 6) is -0.373. The van der Waals surface area contributed by atoms with Gasteiger partial charge in [0.15, 0.2) is 11.6 Å². The Balaban J connectivity index is 2.39. The van der Waals surface area contributed by atoms with Crippen molar-refractivity contribution in [3.63, 3.8) is 0 Å². The van der Waals surface area contributed by atoms with E-state index in [1.54, 1.807) is 17.0 Å². The number of aliphatic hydroxyl groups is 1. The molecule has 0 radical (unpaired) electrons. The molecule has 1 aromatic rings. The zero-order valence-electron chi connectivity index (χ0n) is 11.1. The fraction of sp³-hybridized carbons (Fsp3) is 0.500. The van der Waals surface area contributed by atoms with Crippen molar-refractivity contribution in [1.82, 2.24) is 4.90 Å². The third-order valence-corrected chi connectivity index (χ3v) is 2.63. The average molecular weight is 269 g/mol. The molecule has 1 aromatic carbocycles. The van der Waals surface area contributed by atoms with Crippen molar-refractivity contribution in [3.8, 4) is 5.75 Å². The van der Waals surface area contributed by atoms with Gasteiger partial charge < -0.3 is 14.7 Å². The molecule has 0 atom stereocenters. The molecule has 0 saturated heterocycles. The number of amides is 1. The summed E-state index contributed by atoms with van der Waals surface area (Å²) in [4.78, 5) is 13.4. The van der Waals surface area contributed by atoms with E-state index in [9.17, 15) is 9.18 Å². The average Bonchev–Trinajstić information content (AvgIpc) is 2.40. The minimum Gasteiger partial charge on any atom is -0.490 e. The fourth-order valence-corrected chi connectivity index (χ4v) is 1.72. The summed E-state index contributed by atoms with van der Waals surface area (Å²) in [5.41, 5.74) is 0. The highest BCUT2D eigenvalue weighted by atomic mass is 19.1. The number of para-hydroxylation sites is 1. The zero-order valence-corrected chi connectivity index (χ0v) is 11.1. The normalized spacial score (nSPS) is 10.3. The minimum atomic E-state index is -0.435. The van der Waals surface area contributed by atoms with Crippen LogP contribution in [0.15, 0.2) is 24.3 Å². The second-order valence-electron chi connectivity index (χ2n) is 4.13. The Hall–Kier alpha value is -1.62. The van der Waals surface area contributed by atoms with Gasteiger partial charge in [0, 0.05) is 13.1 Å². The number of halogens is 1. The molecule has 1 N–H and O–H groups in total. The van der Waals surface area contributed by atoms with Crippen LogP contribution in [0.3, 0.4) is 0 Å². The zero-order chi connectivity index (χ0) is 14.1. The summed E-state index contributed by atoms with van der Waals surface area (Å²) in [5, 5.41) is 8.88. The quantitative estimate of drug-likeness (QED) is 0.783. The lowest BCUT2D eigenvalue weighted by molar-refractivity contribution is -0.132. The summed E-state index contributed by atoms with van der Waals surface area (Å²) in [7, 11) is 0. The molecule has 0 bridgehead atoms. The van der Waals surface area contributed by atoms with Gasteiger partial charge in [0.05, 0.1) is 19.6 Å². The fourth-order valence-electron chi connectivity index (χ4n) is 1.72. The van der Waals surface area contributed by atoms with Gasteiger partial charge in [-0.25, -0.2) is 4.39 Å². The molecule has 106 valence electrons. The molecule has 1 rings (SSSR count). The highest BCUT2D eigenvalue weighted by Gasteiger charge is 2.12. The number of aliphatic hydroxyl groups excluding tert-OH is 1. The third-order valence-electron chi connectivity index (χ3n) is 2.63. The van der Waals surface area contributed by atoms with Gasteiger partial charge >= 0.3 is 0 Å². The van der Waals surface area contributed by atoms with Crippen molar-refractivity contribution >= 4 is 5.91 Å². The van der Waals surface area contributed by atoms with Crippen LogP contribution in [0.25, 0.3) is 0 Å². The van der Waals surface area contributed by atoms with Crippen LogP contribution in [0.4, 0.5) is 4.39 Å². The van der Waals surface area contributed by atoms with E-state index in [-0.39, 0.29) is 31.3 Å². The van der Waals surface area contributed by atoms with Gasteiger partial charge in [0.25, 0.3) is 0 Å². The highest BCUT2D eigenvalue weighted by Crippen LogP contribution is 2.15. The number of nitrogens with zero attached hydrogens (tertiary/aromatic N) is 1. The lowest BCUT2D eigenvalue weighted by atomic mass is 10.3. The number of carbonyl (C=O) groups is 1. The first-order chi connectivity index (χ1) is 9.19. The van der Waals surface area contributed by atoms with E-state index in [0.717, 1.165) is 6.42 Å². The summed E-state index contributed by atoms with van der Waals surface area (Å²) < 4.78 is 18.5. The summed E-state index contributed by atoms with van der Waals surface area (Å²) >= 11 is 0. The van der Waals surface area contributed by atoms with Gasteiger partial charge in [-0.3, -0.25) is 4.79 Å². The van der Waals surface area contributed by atoms with Crippen LogP contribution < -0.4 is 4.74 Å². The minimum absolute atomic E-state index is 0.0556. The summed E-state index contributed by atoms with van der Waals surface area (Å²) in [6.07, 6.45) is 1.01. The number of benzene rings is 1. The van der Waals surface area contributed by atoms with Gasteiger partial charge in [0.1, 0.15) is 0 Å². The Kier molecular flexibility index (Phi) is 6.89. The third kappa shape index (κ3) is 5.26. The molecule has 0 spiro atoms. The molecule has 0 fully saturated rings. The predicted molar refractivity (Wildman–Crippen MR) is 70.5 cm³/mol. The maximum atomic E-state index is 13.3. The van der Waals surface area contributed by atoms with Crippen LogP contribution in [0.2, 0.25) is 0 Å². The maximum absolute atomic E-state index is 13.3. The highest BCUT2D eigenvalue weighted by molar-refractivity contribution is 5.76. The lowest BCUT2D eigenvalue weighted by Crippen LogP contribution is -2.35. The number of hydrogen-bond donors (Lipinski definition) is 1. The van der Waals surface area contributed by atoms with Crippen molar-refractivity contribution in [3.05, 3.63) is 30.1 Å². The van der Waals surface area contributed by atoms with E-state index in [1.165, 1.54) is 12.1 Å². The number of hydrogen-bond acceptors (Lipinski definition) is 3. The van der Waals surface area contributed by atoms with Gasteiger partial charge in [-0.15, -0.1) is 0 Å². The molecule has 0 aliphatic rings. The standard InChI is InChI=1S/C14H20FNO3/c1-2-8-16(9-10-17)14(18)7-11-19-13-6-4-3-5-12(13)15/h3-6,17H,2,7-11H2,1H3. The Morgan fingerprint density at radius 2 is 2.11 bits per heavy atom. The van der Waals surface area contributed by atoms with Crippen LogP contribution in [0, 0.1) is 5.82 Å². The van der Waals surface area contributed by atoms with Crippen molar-refractivity contribution in [2.75, 3.05) is 26.3 Å². The predicted octanol–water partition coefficient (Wildman–Crippen LogP) is 1.83. The first-order valence-electron chi connectivity index (χ1n) is 6.45. The molecular weight excluding hydrogens is 249 g/mol. The molecule has 4 nitrogen and oxygen atoms in total. The van der Waals surface area contributed by atoms with E-state index in [4.69, 9.17) is 9.84 Å². The first-order valence-corrected chi connectivity index (χ1v) is 6.45. The van der Waals surface area contributed by atoms with Crippen molar-refractivity contribution in [2.45, 2.75) is 19.8 Å². The summed E-state index contributed by atoms with van der Waals surface area (Å²) in [6, 6.07) is 6.09. The first kappa shape index (κ1) is 15.4. The number of rotatable bonds is 8. The Labute approximate surface area is 112 Å². The van der Waals surface area contributed by atoms with Gasteiger partial charge in [-0.1, -0.05) is 19.1 Å². The van der Waals surface area contributed by atoms with Gasteiger partial charge in [-0.05, 0) is 18.6 Å². The van der Waals surface area contributed by atoms with Crippen LogP contribution in [0.5, 0.6) is 5.75 Å². The second kappa shape index (κ2) is 8.48. The molecule has 5 heteroatoms. The Bertz CT molecular complexity index is 392. The molecule has 0 aliphatic carbocycles. The SMILES string of the molecule is CCCN(CCO)C(=O)CCOc1ccccc1F. The molecule has 0 aromatic heterocycles. The van der Waals surface area contributed by atoms with E-state index in [2.05, 4.69) is 0 Å². The van der Waals surface area contributed by atoms with Crippen molar-refractivity contribution in [1.29, 1.82) is 0 Å². The molecule has 0 unspecified atom stereocenters. The van der Waals surface area contributed by atoms with Gasteiger partial charge in [0.2, 0.25) is 5.91 Å². The van der Waals surface area contributed by atoms with E-state index in [1.807, 2.05) is 6.92 Å². The topological polar surface area (TPSA) is 49.8 Å². The van der Waals surface area contributed by atoms with E-state index in [0.29, 0.717) is 13.1 Å². The number of carbonyl (C=O) groups excluding carboxylic acids is 1. The van der Waals surface area contributed by atoms with E-state index >= 15 is 0 Å². The smallest absolute Gasteiger partial charge is 0.226 e. The second-order valence-corrected chi connectivity index (χ2v) is 4.13. The Morgan fingerprint density at radius 1 is 1.37 bits per heavy atom. The molecule has 0 saturated carbocycles. The van der Waals surface area contributed by atoms with Crippen LogP contribution in [-0.2, 0) is 4.79 Å². The lowest BCUT2D eigenvalue weighted by Gasteiger charge is -2.21. The molecule has 1 amide bonds. The molecule has 0 aliphatic heterocycles. The molecular formula is C14H20FNO3. The largest absolute Gasteiger partial charge is 0.490 e. The van der Waals surface area contributed by atoms with Crippen LogP contribution >= 0.6 is 0 Å². The van der Waals surface area contributed by atoms with Gasteiger partial charge in [-0.2, -0.15) is 0 Å². The Morgan fingerprint density at radius 3 is 2.74 bits per heavy atom. The van der Waals surface area contributed by atoms with Crippen molar-refractivity contribution in [2.24, 2.45) is 0 Å². The van der Waals surface area contributed by atoms with E-state index < -0.39 is 5.82 Å². The molecule has 0 heterocycles. The molecule has 19 heavy (non-hydrogen) atoms.